The molecule has 1 fully saturated rings. The summed E-state index contributed by atoms with van der Waals surface area (Å²) >= 11 is 2.95. The van der Waals surface area contributed by atoms with Gasteiger partial charge < -0.3 is 10.2 Å². The molecule has 0 bridgehead atoms. The van der Waals surface area contributed by atoms with Gasteiger partial charge in [-0.15, -0.1) is 10.2 Å². The second kappa shape index (κ2) is 9.89. The molecule has 2 aromatic carbocycles. The minimum absolute atomic E-state index is 0.195. The highest BCUT2D eigenvalue weighted by atomic mass is 32.2. The first-order valence-electron chi connectivity index (χ1n) is 9.86. The predicted octanol–water partition coefficient (Wildman–Crippen LogP) is 4.86. The number of nitrogens with zero attached hydrogens (tertiary/aromatic N) is 3. The largest absolute Gasteiger partial charge is 0.342 e. The Bertz CT molecular complexity index is 909. The van der Waals surface area contributed by atoms with Crippen molar-refractivity contribution in [3.63, 3.8) is 0 Å². The Hall–Kier alpha value is -2.38. The van der Waals surface area contributed by atoms with Crippen LogP contribution in [0.4, 0.5) is 10.8 Å². The predicted molar refractivity (Wildman–Crippen MR) is 120 cm³/mol. The van der Waals surface area contributed by atoms with Crippen LogP contribution in [-0.4, -0.2) is 39.8 Å². The highest BCUT2D eigenvalue weighted by molar-refractivity contribution is 8.01. The topological polar surface area (TPSA) is 58.1 Å². The van der Waals surface area contributed by atoms with Gasteiger partial charge in [0.2, 0.25) is 11.0 Å². The third-order valence-electron chi connectivity index (χ3n) is 5.09. The molecule has 1 N–H and O–H groups in total. The third-order valence-corrected chi connectivity index (χ3v) is 7.04. The molecule has 0 atom stereocenters. The van der Waals surface area contributed by atoms with Gasteiger partial charge in [-0.3, -0.25) is 4.79 Å². The first-order chi connectivity index (χ1) is 14.3. The van der Waals surface area contributed by atoms with E-state index in [0.29, 0.717) is 11.7 Å². The van der Waals surface area contributed by atoms with Gasteiger partial charge in [0, 0.05) is 18.8 Å². The number of hydrogen-bond acceptors (Lipinski definition) is 6. The number of likely N-dealkylation sites (tertiary alicyclic amines) is 1. The lowest BCUT2D eigenvalue weighted by Crippen LogP contribution is -2.39. The number of hydrogen-bond donors (Lipinski definition) is 1. The van der Waals surface area contributed by atoms with Crippen molar-refractivity contribution < 1.29 is 4.79 Å². The molecule has 1 saturated heterocycles. The minimum Gasteiger partial charge on any atom is -0.342 e. The van der Waals surface area contributed by atoms with E-state index >= 15 is 0 Å². The Morgan fingerprint density at radius 2 is 1.72 bits per heavy atom. The molecule has 1 amide bonds. The molecule has 150 valence electrons. The minimum atomic E-state index is 0.195. The van der Waals surface area contributed by atoms with Crippen LogP contribution in [0.25, 0.3) is 0 Å². The lowest BCUT2D eigenvalue weighted by Gasteiger charge is -2.32. The molecular weight excluding hydrogens is 400 g/mol. The smallest absolute Gasteiger partial charge is 0.233 e. The van der Waals surface area contributed by atoms with Gasteiger partial charge in [-0.1, -0.05) is 71.6 Å². The molecule has 0 spiro atoms. The number of nitrogens with one attached hydrogen (secondary N) is 1. The van der Waals surface area contributed by atoms with Crippen LogP contribution in [0.3, 0.4) is 0 Å². The highest BCUT2D eigenvalue weighted by Crippen LogP contribution is 2.28. The average Bonchev–Trinajstić information content (AvgIpc) is 3.21. The van der Waals surface area contributed by atoms with Crippen LogP contribution in [0.5, 0.6) is 0 Å². The molecule has 0 saturated carbocycles. The van der Waals surface area contributed by atoms with Crippen molar-refractivity contribution in [1.82, 2.24) is 15.1 Å². The number of carbonyl (C=O) groups is 1. The summed E-state index contributed by atoms with van der Waals surface area (Å²) in [5.74, 6) is 1.29. The van der Waals surface area contributed by atoms with Crippen LogP contribution in [-0.2, 0) is 11.2 Å². The first kappa shape index (κ1) is 19.9. The molecule has 1 aromatic heterocycles. The molecule has 5 nitrogen and oxygen atoms in total. The monoisotopic (exact) mass is 424 g/mol. The standard InChI is InChI=1S/C22H24N4OS2/c27-20(26-13-11-18(12-14-26)15-17-7-3-1-4-8-17)16-28-22-25-24-21(29-22)23-19-9-5-2-6-10-19/h1-10,18H,11-16H2,(H,23,24). The Labute approximate surface area is 179 Å². The first-order valence-corrected chi connectivity index (χ1v) is 11.7. The number of benzene rings is 2. The summed E-state index contributed by atoms with van der Waals surface area (Å²) in [5.41, 5.74) is 2.37. The molecule has 0 aliphatic carbocycles. The maximum Gasteiger partial charge on any atom is 0.233 e. The van der Waals surface area contributed by atoms with Gasteiger partial charge in [0.15, 0.2) is 4.34 Å². The Morgan fingerprint density at radius 1 is 1.03 bits per heavy atom. The molecule has 29 heavy (non-hydrogen) atoms. The van der Waals surface area contributed by atoms with E-state index in [4.69, 9.17) is 0 Å². The second-order valence-electron chi connectivity index (χ2n) is 7.17. The molecule has 2 heterocycles. The zero-order valence-corrected chi connectivity index (χ0v) is 17.8. The summed E-state index contributed by atoms with van der Waals surface area (Å²) in [4.78, 5) is 14.6. The van der Waals surface area contributed by atoms with Crippen LogP contribution in [0.15, 0.2) is 65.0 Å². The van der Waals surface area contributed by atoms with E-state index in [0.717, 1.165) is 47.5 Å². The van der Waals surface area contributed by atoms with Crippen molar-refractivity contribution in [1.29, 1.82) is 0 Å². The molecule has 1 aliphatic rings. The number of thioether (sulfide) groups is 1. The second-order valence-corrected chi connectivity index (χ2v) is 9.37. The third kappa shape index (κ3) is 5.81. The molecule has 3 aromatic rings. The van der Waals surface area contributed by atoms with Crippen LogP contribution < -0.4 is 5.32 Å². The van der Waals surface area contributed by atoms with Gasteiger partial charge in [-0.05, 0) is 42.9 Å². The normalized spacial score (nSPS) is 14.7. The molecule has 1 aliphatic heterocycles. The lowest BCUT2D eigenvalue weighted by atomic mass is 9.90. The zero-order chi connectivity index (χ0) is 19.9. The van der Waals surface area contributed by atoms with Crippen molar-refractivity contribution in [3.8, 4) is 0 Å². The molecule has 4 rings (SSSR count). The highest BCUT2D eigenvalue weighted by Gasteiger charge is 2.23. The van der Waals surface area contributed by atoms with Crippen LogP contribution in [0.2, 0.25) is 0 Å². The number of carbonyl (C=O) groups excluding carboxylic acids is 1. The van der Waals surface area contributed by atoms with Crippen molar-refractivity contribution in [2.24, 2.45) is 5.92 Å². The summed E-state index contributed by atoms with van der Waals surface area (Å²) in [5, 5.41) is 12.3. The van der Waals surface area contributed by atoms with Gasteiger partial charge in [0.25, 0.3) is 0 Å². The maximum absolute atomic E-state index is 12.6. The van der Waals surface area contributed by atoms with E-state index in [2.05, 4.69) is 45.8 Å². The maximum atomic E-state index is 12.6. The van der Waals surface area contributed by atoms with Crippen molar-refractivity contribution >= 4 is 39.8 Å². The summed E-state index contributed by atoms with van der Waals surface area (Å²) < 4.78 is 0.816. The van der Waals surface area contributed by atoms with Crippen LogP contribution in [0.1, 0.15) is 18.4 Å². The van der Waals surface area contributed by atoms with E-state index in [9.17, 15) is 4.79 Å². The van der Waals surface area contributed by atoms with Gasteiger partial charge in [-0.2, -0.15) is 0 Å². The number of piperidine rings is 1. The number of anilines is 2. The van der Waals surface area contributed by atoms with Crippen molar-refractivity contribution in [3.05, 3.63) is 66.2 Å². The van der Waals surface area contributed by atoms with Crippen molar-refractivity contribution in [2.45, 2.75) is 23.6 Å². The van der Waals surface area contributed by atoms with Gasteiger partial charge in [0.05, 0.1) is 5.75 Å². The summed E-state index contributed by atoms with van der Waals surface area (Å²) in [6, 6.07) is 20.5. The van der Waals surface area contributed by atoms with Gasteiger partial charge in [0.1, 0.15) is 0 Å². The number of rotatable bonds is 7. The fourth-order valence-electron chi connectivity index (χ4n) is 3.51. The number of amides is 1. The molecular formula is C22H24N4OS2. The zero-order valence-electron chi connectivity index (χ0n) is 16.2. The van der Waals surface area contributed by atoms with E-state index in [1.54, 1.807) is 0 Å². The fourth-order valence-corrected chi connectivity index (χ4v) is 5.19. The van der Waals surface area contributed by atoms with Crippen LogP contribution >= 0.6 is 23.1 Å². The van der Waals surface area contributed by atoms with E-state index in [-0.39, 0.29) is 5.91 Å². The Kier molecular flexibility index (Phi) is 6.79. The number of para-hydroxylation sites is 1. The SMILES string of the molecule is O=C(CSc1nnc(Nc2ccccc2)s1)N1CCC(Cc2ccccc2)CC1. The molecule has 7 heteroatoms. The van der Waals surface area contributed by atoms with E-state index in [1.807, 2.05) is 35.2 Å². The van der Waals surface area contributed by atoms with Gasteiger partial charge >= 0.3 is 0 Å². The molecule has 0 radical (unpaired) electrons. The van der Waals surface area contributed by atoms with Gasteiger partial charge in [-0.25, -0.2) is 0 Å². The lowest BCUT2D eigenvalue weighted by molar-refractivity contribution is -0.129. The summed E-state index contributed by atoms with van der Waals surface area (Å²) in [6.45, 7) is 1.71. The Balaban J connectivity index is 1.20. The molecule has 0 unspecified atom stereocenters. The van der Waals surface area contributed by atoms with Crippen molar-refractivity contribution in [2.75, 3.05) is 24.2 Å². The van der Waals surface area contributed by atoms with E-state index in [1.165, 1.54) is 28.7 Å². The van der Waals surface area contributed by atoms with Crippen LogP contribution in [0, 0.1) is 5.92 Å². The fraction of sp³-hybridized carbons (Fsp3) is 0.318. The summed E-state index contributed by atoms with van der Waals surface area (Å²) in [6.07, 6.45) is 3.27. The average molecular weight is 425 g/mol. The summed E-state index contributed by atoms with van der Waals surface area (Å²) in [7, 11) is 0. The number of aromatic nitrogens is 2. The Morgan fingerprint density at radius 3 is 2.45 bits per heavy atom. The quantitative estimate of drug-likeness (QED) is 0.549. The van der Waals surface area contributed by atoms with E-state index < -0.39 is 0 Å².